The monoisotopic (exact) mass is 427 g/mol. The van der Waals surface area contributed by atoms with Crippen LogP contribution in [0.15, 0.2) is 75.9 Å². The highest BCUT2D eigenvalue weighted by Crippen LogP contribution is 2.29. The Morgan fingerprint density at radius 2 is 1.90 bits per heavy atom. The van der Waals surface area contributed by atoms with Crippen molar-refractivity contribution < 1.29 is 19.1 Å². The molecule has 0 bridgehead atoms. The molecular formula is C20H17N3O4S2. The third kappa shape index (κ3) is 5.66. The van der Waals surface area contributed by atoms with Crippen LogP contribution in [0.3, 0.4) is 0 Å². The van der Waals surface area contributed by atoms with E-state index in [0.717, 1.165) is 21.5 Å². The zero-order valence-corrected chi connectivity index (χ0v) is 17.3. The number of nitrogens with one attached hydrogen (secondary N) is 1. The first-order valence-electron chi connectivity index (χ1n) is 8.39. The van der Waals surface area contributed by atoms with E-state index in [0.29, 0.717) is 10.8 Å². The second-order valence-corrected chi connectivity index (χ2v) is 7.51. The quantitative estimate of drug-likeness (QED) is 0.344. The average Bonchev–Trinajstić information content (AvgIpc) is 3.29. The van der Waals surface area contributed by atoms with E-state index in [2.05, 4.69) is 24.8 Å². The first-order chi connectivity index (χ1) is 14.1. The van der Waals surface area contributed by atoms with Crippen molar-refractivity contribution in [1.82, 2.24) is 9.97 Å². The smallest absolute Gasteiger partial charge is 0.354 e. The van der Waals surface area contributed by atoms with Gasteiger partial charge in [-0.3, -0.25) is 0 Å². The molecule has 0 atom stereocenters. The molecule has 29 heavy (non-hydrogen) atoms. The molecular weight excluding hydrogens is 410 g/mol. The van der Waals surface area contributed by atoms with E-state index in [9.17, 15) is 9.59 Å². The lowest BCUT2D eigenvalue weighted by molar-refractivity contribution is -0.138. The van der Waals surface area contributed by atoms with E-state index in [4.69, 9.17) is 0 Å². The van der Waals surface area contributed by atoms with E-state index in [1.165, 1.54) is 26.0 Å². The molecule has 0 aliphatic carbocycles. The van der Waals surface area contributed by atoms with Gasteiger partial charge in [0.05, 0.1) is 30.9 Å². The fourth-order valence-electron chi connectivity index (χ4n) is 2.25. The molecule has 0 amide bonds. The van der Waals surface area contributed by atoms with Crippen molar-refractivity contribution in [2.75, 3.05) is 19.5 Å². The number of thiophene rings is 1. The molecule has 9 heteroatoms. The first kappa shape index (κ1) is 20.6. The van der Waals surface area contributed by atoms with Crippen LogP contribution in [0.25, 0.3) is 10.6 Å². The molecule has 0 spiro atoms. The summed E-state index contributed by atoms with van der Waals surface area (Å²) in [5.74, 6) is -1.33. The molecule has 0 saturated carbocycles. The van der Waals surface area contributed by atoms with Crippen LogP contribution < -0.4 is 5.32 Å². The van der Waals surface area contributed by atoms with Gasteiger partial charge in [0.15, 0.2) is 5.16 Å². The predicted octanol–water partition coefficient (Wildman–Crippen LogP) is 4.00. The van der Waals surface area contributed by atoms with Crippen LogP contribution in [0.4, 0.5) is 5.69 Å². The largest absolute Gasteiger partial charge is 0.466 e. The zero-order chi connectivity index (χ0) is 20.6. The van der Waals surface area contributed by atoms with Gasteiger partial charge in [0.2, 0.25) is 0 Å². The third-order valence-electron chi connectivity index (χ3n) is 3.62. The van der Waals surface area contributed by atoms with Gasteiger partial charge in [-0.1, -0.05) is 6.07 Å². The van der Waals surface area contributed by atoms with Gasteiger partial charge >= 0.3 is 11.9 Å². The Hall–Kier alpha value is -3.17. The fourth-order valence-corrected chi connectivity index (χ4v) is 3.69. The van der Waals surface area contributed by atoms with Crippen molar-refractivity contribution in [2.45, 2.75) is 10.1 Å². The molecule has 0 aliphatic rings. The maximum Gasteiger partial charge on any atom is 0.354 e. The summed E-state index contributed by atoms with van der Waals surface area (Å²) in [5.41, 5.74) is 1.47. The predicted molar refractivity (Wildman–Crippen MR) is 112 cm³/mol. The highest BCUT2D eigenvalue weighted by molar-refractivity contribution is 7.99. The number of anilines is 1. The molecule has 2 heterocycles. The molecule has 0 aliphatic heterocycles. The summed E-state index contributed by atoms with van der Waals surface area (Å²) in [6, 6.07) is 13.2. The number of rotatable bonds is 7. The van der Waals surface area contributed by atoms with Crippen LogP contribution in [-0.4, -0.2) is 36.1 Å². The van der Waals surface area contributed by atoms with Crippen molar-refractivity contribution in [2.24, 2.45) is 0 Å². The topological polar surface area (TPSA) is 90.4 Å². The van der Waals surface area contributed by atoms with Crippen LogP contribution in [0.1, 0.15) is 0 Å². The number of benzene rings is 1. The standard InChI is InChI=1S/C20H17N3O4S2/c1-26-18(24)12-16(19(25)27-2)22-13-5-7-14(8-6-13)29-20-21-10-9-15(23-20)17-4-3-11-28-17/h3-12,22H,1-2H3/b16-12+. The Morgan fingerprint density at radius 3 is 2.55 bits per heavy atom. The number of methoxy groups -OCH3 is 2. The highest BCUT2D eigenvalue weighted by Gasteiger charge is 2.13. The number of ether oxygens (including phenoxy) is 2. The van der Waals surface area contributed by atoms with Crippen molar-refractivity contribution in [1.29, 1.82) is 0 Å². The molecule has 7 nitrogen and oxygen atoms in total. The zero-order valence-electron chi connectivity index (χ0n) is 15.6. The van der Waals surface area contributed by atoms with Gasteiger partial charge in [-0.15, -0.1) is 11.3 Å². The minimum atomic E-state index is -0.673. The van der Waals surface area contributed by atoms with E-state index in [-0.39, 0.29) is 5.70 Å². The first-order valence-corrected chi connectivity index (χ1v) is 10.1. The number of nitrogens with zero attached hydrogens (tertiary/aromatic N) is 2. The Labute approximate surface area is 175 Å². The number of hydrogen-bond acceptors (Lipinski definition) is 9. The van der Waals surface area contributed by atoms with E-state index < -0.39 is 11.9 Å². The van der Waals surface area contributed by atoms with Gasteiger partial charge < -0.3 is 14.8 Å². The summed E-state index contributed by atoms with van der Waals surface area (Å²) < 4.78 is 9.23. The maximum atomic E-state index is 11.8. The summed E-state index contributed by atoms with van der Waals surface area (Å²) in [7, 11) is 2.47. The Bertz CT molecular complexity index is 1020. The second kappa shape index (κ2) is 9.85. The summed E-state index contributed by atoms with van der Waals surface area (Å²) in [4.78, 5) is 34.2. The van der Waals surface area contributed by atoms with Crippen molar-refractivity contribution in [3.63, 3.8) is 0 Å². The fraction of sp³-hybridized carbons (Fsp3) is 0.100. The van der Waals surface area contributed by atoms with Crippen LogP contribution in [0.5, 0.6) is 0 Å². The van der Waals surface area contributed by atoms with Gasteiger partial charge in [-0.25, -0.2) is 19.6 Å². The molecule has 3 rings (SSSR count). The molecule has 0 unspecified atom stereocenters. The molecule has 1 aromatic carbocycles. The van der Waals surface area contributed by atoms with Crippen LogP contribution in [0.2, 0.25) is 0 Å². The molecule has 0 saturated heterocycles. The minimum Gasteiger partial charge on any atom is -0.466 e. The Balaban J connectivity index is 1.72. The van der Waals surface area contributed by atoms with Crippen LogP contribution in [0, 0.1) is 0 Å². The maximum absolute atomic E-state index is 11.8. The number of esters is 2. The van der Waals surface area contributed by atoms with Gasteiger partial charge in [0, 0.05) is 16.8 Å². The lowest BCUT2D eigenvalue weighted by Gasteiger charge is -2.09. The van der Waals surface area contributed by atoms with Gasteiger partial charge in [0.1, 0.15) is 5.70 Å². The molecule has 0 radical (unpaired) electrons. The van der Waals surface area contributed by atoms with Crippen molar-refractivity contribution in [3.05, 3.63) is 65.8 Å². The SMILES string of the molecule is COC(=O)/C=C(/Nc1ccc(Sc2nccc(-c3cccs3)n2)cc1)C(=O)OC. The van der Waals surface area contributed by atoms with Crippen LogP contribution >= 0.6 is 23.1 Å². The Kier molecular flexibility index (Phi) is 6.99. The average molecular weight is 428 g/mol. The minimum absolute atomic E-state index is 0.0215. The highest BCUT2D eigenvalue weighted by atomic mass is 32.2. The van der Waals surface area contributed by atoms with Gasteiger partial charge in [-0.2, -0.15) is 0 Å². The molecule has 148 valence electrons. The van der Waals surface area contributed by atoms with Crippen molar-refractivity contribution in [3.8, 4) is 10.6 Å². The molecule has 0 fully saturated rings. The number of aromatic nitrogens is 2. The number of hydrogen-bond donors (Lipinski definition) is 1. The molecule has 1 N–H and O–H groups in total. The third-order valence-corrected chi connectivity index (χ3v) is 5.40. The van der Waals surface area contributed by atoms with Gasteiger partial charge in [0.25, 0.3) is 0 Å². The number of carbonyl (C=O) groups is 2. The lowest BCUT2D eigenvalue weighted by Crippen LogP contribution is -2.15. The normalized spacial score (nSPS) is 11.0. The number of carbonyl (C=O) groups excluding carboxylic acids is 2. The summed E-state index contributed by atoms with van der Waals surface area (Å²) in [5, 5.41) is 5.50. The summed E-state index contributed by atoms with van der Waals surface area (Å²) in [6.45, 7) is 0. The lowest BCUT2D eigenvalue weighted by atomic mass is 10.3. The van der Waals surface area contributed by atoms with E-state index in [1.54, 1.807) is 29.7 Å². The molecule has 2 aromatic heterocycles. The van der Waals surface area contributed by atoms with Crippen molar-refractivity contribution >= 4 is 40.7 Å². The van der Waals surface area contributed by atoms with E-state index in [1.807, 2.05) is 35.7 Å². The van der Waals surface area contributed by atoms with E-state index >= 15 is 0 Å². The Morgan fingerprint density at radius 1 is 1.10 bits per heavy atom. The van der Waals surface area contributed by atoms with Gasteiger partial charge in [-0.05, 0) is 53.5 Å². The van der Waals surface area contributed by atoms with Crippen LogP contribution in [-0.2, 0) is 19.1 Å². The summed E-state index contributed by atoms with van der Waals surface area (Å²) in [6.07, 6.45) is 2.78. The molecule has 3 aromatic rings. The second-order valence-electron chi connectivity index (χ2n) is 5.53. The summed E-state index contributed by atoms with van der Waals surface area (Å²) >= 11 is 3.05.